The molecule has 0 aliphatic heterocycles. The number of carbonyl (C=O) groups excluding carboxylic acids is 2. The maximum atomic E-state index is 11.8. The SMILES string of the molecule is CC(C)COC(=O)NCCNC(=O)c1ccccc1Br. The Bertz CT molecular complexity index is 463. The highest BCUT2D eigenvalue weighted by Crippen LogP contribution is 2.15. The van der Waals surface area contributed by atoms with Crippen LogP contribution in [-0.4, -0.2) is 31.7 Å². The van der Waals surface area contributed by atoms with Crippen molar-refractivity contribution in [2.75, 3.05) is 19.7 Å². The molecule has 2 N–H and O–H groups in total. The number of benzene rings is 1. The Morgan fingerprint density at radius 1 is 1.20 bits per heavy atom. The highest BCUT2D eigenvalue weighted by molar-refractivity contribution is 9.10. The van der Waals surface area contributed by atoms with Crippen LogP contribution < -0.4 is 10.6 Å². The number of rotatable bonds is 6. The van der Waals surface area contributed by atoms with Crippen molar-refractivity contribution in [2.45, 2.75) is 13.8 Å². The van der Waals surface area contributed by atoms with E-state index in [1.54, 1.807) is 18.2 Å². The van der Waals surface area contributed by atoms with Crippen LogP contribution in [0.4, 0.5) is 4.79 Å². The number of alkyl carbamates (subject to hydrolysis) is 1. The van der Waals surface area contributed by atoms with Crippen LogP contribution in [0.5, 0.6) is 0 Å². The molecule has 0 aliphatic carbocycles. The maximum Gasteiger partial charge on any atom is 0.407 e. The smallest absolute Gasteiger partial charge is 0.407 e. The summed E-state index contributed by atoms with van der Waals surface area (Å²) in [5, 5.41) is 5.29. The third-order valence-corrected chi connectivity index (χ3v) is 3.04. The van der Waals surface area contributed by atoms with E-state index >= 15 is 0 Å². The molecule has 0 aromatic heterocycles. The van der Waals surface area contributed by atoms with Crippen LogP contribution in [0.1, 0.15) is 24.2 Å². The molecule has 110 valence electrons. The first-order chi connectivity index (χ1) is 9.50. The van der Waals surface area contributed by atoms with Crippen molar-refractivity contribution in [1.82, 2.24) is 10.6 Å². The van der Waals surface area contributed by atoms with E-state index in [1.165, 1.54) is 0 Å². The van der Waals surface area contributed by atoms with E-state index in [1.807, 2.05) is 19.9 Å². The summed E-state index contributed by atoms with van der Waals surface area (Å²) in [7, 11) is 0. The van der Waals surface area contributed by atoms with Crippen LogP contribution >= 0.6 is 15.9 Å². The molecule has 0 fully saturated rings. The zero-order valence-corrected chi connectivity index (χ0v) is 13.2. The van der Waals surface area contributed by atoms with Gasteiger partial charge in [-0.3, -0.25) is 4.79 Å². The molecular weight excluding hydrogens is 324 g/mol. The minimum absolute atomic E-state index is 0.185. The van der Waals surface area contributed by atoms with Crippen molar-refractivity contribution in [3.05, 3.63) is 34.3 Å². The van der Waals surface area contributed by atoms with Gasteiger partial charge in [-0.25, -0.2) is 4.79 Å². The molecule has 5 nitrogen and oxygen atoms in total. The molecule has 0 bridgehead atoms. The van der Waals surface area contributed by atoms with Crippen LogP contribution in [-0.2, 0) is 4.74 Å². The van der Waals surface area contributed by atoms with E-state index in [4.69, 9.17) is 4.74 Å². The number of ether oxygens (including phenoxy) is 1. The van der Waals surface area contributed by atoms with Crippen molar-refractivity contribution in [3.63, 3.8) is 0 Å². The van der Waals surface area contributed by atoms with E-state index in [0.717, 1.165) is 4.47 Å². The molecule has 2 amide bonds. The lowest BCUT2D eigenvalue weighted by Crippen LogP contribution is -2.35. The first-order valence-electron chi connectivity index (χ1n) is 6.44. The lowest BCUT2D eigenvalue weighted by Gasteiger charge is -2.09. The lowest BCUT2D eigenvalue weighted by atomic mass is 10.2. The number of hydrogen-bond acceptors (Lipinski definition) is 3. The molecule has 0 atom stereocenters. The minimum Gasteiger partial charge on any atom is -0.449 e. The van der Waals surface area contributed by atoms with Crippen LogP contribution in [0.3, 0.4) is 0 Å². The average molecular weight is 343 g/mol. The Labute approximate surface area is 127 Å². The van der Waals surface area contributed by atoms with Crippen molar-refractivity contribution in [3.8, 4) is 0 Å². The predicted molar refractivity (Wildman–Crippen MR) is 80.7 cm³/mol. The second kappa shape index (κ2) is 8.58. The largest absolute Gasteiger partial charge is 0.449 e. The average Bonchev–Trinajstić information content (AvgIpc) is 2.41. The lowest BCUT2D eigenvalue weighted by molar-refractivity contribution is 0.0950. The van der Waals surface area contributed by atoms with Gasteiger partial charge >= 0.3 is 6.09 Å². The minimum atomic E-state index is -0.464. The molecule has 1 aromatic rings. The van der Waals surface area contributed by atoms with Gasteiger partial charge in [0.05, 0.1) is 12.2 Å². The molecule has 1 aromatic carbocycles. The summed E-state index contributed by atoms with van der Waals surface area (Å²) in [5.74, 6) is 0.116. The summed E-state index contributed by atoms with van der Waals surface area (Å²) in [4.78, 5) is 23.1. The highest BCUT2D eigenvalue weighted by atomic mass is 79.9. The molecule has 1 rings (SSSR count). The standard InChI is InChI=1S/C14H19BrN2O3/c1-10(2)9-20-14(19)17-8-7-16-13(18)11-5-3-4-6-12(11)15/h3-6,10H,7-9H2,1-2H3,(H,16,18)(H,17,19). The van der Waals surface area contributed by atoms with Gasteiger partial charge in [0.2, 0.25) is 0 Å². The fourth-order valence-corrected chi connectivity index (χ4v) is 1.84. The molecule has 0 unspecified atom stereocenters. The molecule has 20 heavy (non-hydrogen) atoms. The number of halogens is 1. The van der Waals surface area contributed by atoms with Crippen molar-refractivity contribution in [1.29, 1.82) is 0 Å². The first-order valence-corrected chi connectivity index (χ1v) is 7.23. The van der Waals surface area contributed by atoms with E-state index in [9.17, 15) is 9.59 Å². The van der Waals surface area contributed by atoms with Gasteiger partial charge in [0.25, 0.3) is 5.91 Å². The zero-order valence-electron chi connectivity index (χ0n) is 11.6. The van der Waals surface area contributed by atoms with Crippen LogP contribution in [0, 0.1) is 5.92 Å². The molecule has 6 heteroatoms. The summed E-state index contributed by atoms with van der Waals surface area (Å²) in [6, 6.07) is 7.16. The Morgan fingerprint density at radius 3 is 2.50 bits per heavy atom. The molecular formula is C14H19BrN2O3. The summed E-state index contributed by atoms with van der Waals surface area (Å²) in [5.41, 5.74) is 0.565. The second-order valence-corrected chi connectivity index (χ2v) is 5.51. The fraction of sp³-hybridized carbons (Fsp3) is 0.429. The van der Waals surface area contributed by atoms with Gasteiger partial charge in [-0.1, -0.05) is 26.0 Å². The van der Waals surface area contributed by atoms with Crippen LogP contribution in [0.25, 0.3) is 0 Å². The molecule has 0 aliphatic rings. The Balaban J connectivity index is 2.23. The van der Waals surface area contributed by atoms with Gasteiger partial charge in [0.15, 0.2) is 0 Å². The number of hydrogen-bond donors (Lipinski definition) is 2. The first kappa shape index (κ1) is 16.5. The fourth-order valence-electron chi connectivity index (χ4n) is 1.37. The Morgan fingerprint density at radius 2 is 1.85 bits per heavy atom. The van der Waals surface area contributed by atoms with Crippen LogP contribution in [0.2, 0.25) is 0 Å². The van der Waals surface area contributed by atoms with Gasteiger partial charge < -0.3 is 15.4 Å². The summed E-state index contributed by atoms with van der Waals surface area (Å²) in [6.45, 7) is 4.98. The Hall–Kier alpha value is -1.56. The van der Waals surface area contributed by atoms with E-state index in [0.29, 0.717) is 31.2 Å². The molecule has 0 heterocycles. The normalized spacial score (nSPS) is 10.2. The van der Waals surface area contributed by atoms with Crippen LogP contribution in [0.15, 0.2) is 28.7 Å². The third kappa shape index (κ3) is 6.06. The predicted octanol–water partition coefficient (Wildman–Crippen LogP) is 2.56. The van der Waals surface area contributed by atoms with E-state index in [2.05, 4.69) is 26.6 Å². The molecule has 0 saturated carbocycles. The van der Waals surface area contributed by atoms with E-state index in [-0.39, 0.29) is 5.91 Å². The molecule has 0 spiro atoms. The van der Waals surface area contributed by atoms with Crippen molar-refractivity contribution in [2.24, 2.45) is 5.92 Å². The highest BCUT2D eigenvalue weighted by Gasteiger charge is 2.08. The molecule has 0 radical (unpaired) electrons. The van der Waals surface area contributed by atoms with Crippen molar-refractivity contribution >= 4 is 27.9 Å². The maximum absolute atomic E-state index is 11.8. The quantitative estimate of drug-likeness (QED) is 0.780. The van der Waals surface area contributed by atoms with Gasteiger partial charge in [-0.15, -0.1) is 0 Å². The number of carbonyl (C=O) groups is 2. The Kier molecular flexibility index (Phi) is 7.08. The second-order valence-electron chi connectivity index (χ2n) is 4.65. The monoisotopic (exact) mass is 342 g/mol. The number of nitrogens with one attached hydrogen (secondary N) is 2. The van der Waals surface area contributed by atoms with E-state index < -0.39 is 6.09 Å². The van der Waals surface area contributed by atoms with Crippen molar-refractivity contribution < 1.29 is 14.3 Å². The van der Waals surface area contributed by atoms with Gasteiger partial charge in [0.1, 0.15) is 0 Å². The number of amides is 2. The third-order valence-electron chi connectivity index (χ3n) is 2.35. The summed E-state index contributed by atoms with van der Waals surface area (Å²) < 4.78 is 5.68. The topological polar surface area (TPSA) is 67.4 Å². The summed E-state index contributed by atoms with van der Waals surface area (Å²) >= 11 is 3.31. The summed E-state index contributed by atoms with van der Waals surface area (Å²) in [6.07, 6.45) is -0.464. The molecule has 0 saturated heterocycles. The van der Waals surface area contributed by atoms with Gasteiger partial charge in [0, 0.05) is 17.6 Å². The zero-order chi connectivity index (χ0) is 15.0. The van der Waals surface area contributed by atoms with Gasteiger partial charge in [-0.2, -0.15) is 0 Å². The van der Waals surface area contributed by atoms with Gasteiger partial charge in [-0.05, 0) is 34.0 Å².